The van der Waals surface area contributed by atoms with E-state index in [1.54, 1.807) is 0 Å². The first kappa shape index (κ1) is 15.3. The highest BCUT2D eigenvalue weighted by Crippen LogP contribution is 2.29. The number of ether oxygens (including phenoxy) is 1. The predicted octanol–water partition coefficient (Wildman–Crippen LogP) is -0.261. The molecule has 3 N–H and O–H groups in total. The number of quaternary nitrogens is 2. The Morgan fingerprint density at radius 1 is 1.29 bits per heavy atom. The third kappa shape index (κ3) is 3.42. The van der Waals surface area contributed by atoms with E-state index in [1.807, 2.05) is 11.8 Å². The normalized spacial score (nSPS) is 38.6. The number of rotatable bonds is 5. The van der Waals surface area contributed by atoms with E-state index in [0.29, 0.717) is 13.0 Å². The molecule has 3 saturated heterocycles. The van der Waals surface area contributed by atoms with Crippen molar-refractivity contribution in [1.82, 2.24) is 0 Å². The second-order valence-electron chi connectivity index (χ2n) is 7.22. The quantitative estimate of drug-likeness (QED) is 0.687. The largest absolute Gasteiger partial charge is 0.466 e. The topological polar surface area (TPSA) is 47.3 Å². The van der Waals surface area contributed by atoms with Crippen molar-refractivity contribution in [2.24, 2.45) is 11.8 Å². The summed E-state index contributed by atoms with van der Waals surface area (Å²) in [6, 6.07) is 1.69. The molecule has 4 nitrogen and oxygen atoms in total. The fourth-order valence-corrected chi connectivity index (χ4v) is 5.28. The average molecular weight is 296 g/mol. The van der Waals surface area contributed by atoms with Gasteiger partial charge < -0.3 is 15.0 Å². The molecular formula is C17H32N2O2+2. The predicted molar refractivity (Wildman–Crippen MR) is 81.0 cm³/mol. The van der Waals surface area contributed by atoms with Gasteiger partial charge in [-0.3, -0.25) is 4.79 Å². The summed E-state index contributed by atoms with van der Waals surface area (Å²) in [6.45, 7) is 6.55. The van der Waals surface area contributed by atoms with Crippen molar-refractivity contribution >= 4 is 5.97 Å². The molecule has 0 amide bonds. The van der Waals surface area contributed by atoms with Gasteiger partial charge in [0.2, 0.25) is 0 Å². The van der Waals surface area contributed by atoms with E-state index < -0.39 is 0 Å². The van der Waals surface area contributed by atoms with E-state index in [0.717, 1.165) is 30.3 Å². The SMILES string of the molecule is CCOC(=O)CCC[C@@H]1[NH2+]C[C@@H]2CCC[NH+]3CCC[C@H]1[C@@H]23. The van der Waals surface area contributed by atoms with Crippen molar-refractivity contribution in [3.05, 3.63) is 0 Å². The summed E-state index contributed by atoms with van der Waals surface area (Å²) in [6.07, 6.45) is 8.52. The maximum absolute atomic E-state index is 11.5. The molecule has 0 aromatic rings. The molecule has 0 bridgehead atoms. The Morgan fingerprint density at radius 2 is 2.10 bits per heavy atom. The van der Waals surface area contributed by atoms with Gasteiger partial charge in [0.05, 0.1) is 44.1 Å². The minimum absolute atomic E-state index is 0.0141. The van der Waals surface area contributed by atoms with E-state index >= 15 is 0 Å². The van der Waals surface area contributed by atoms with E-state index in [9.17, 15) is 4.79 Å². The highest BCUT2D eigenvalue weighted by atomic mass is 16.5. The van der Waals surface area contributed by atoms with Gasteiger partial charge in [0.1, 0.15) is 6.04 Å². The Kier molecular flexibility index (Phi) is 5.17. The Hall–Kier alpha value is -0.610. The van der Waals surface area contributed by atoms with Crippen molar-refractivity contribution in [3.8, 4) is 0 Å². The van der Waals surface area contributed by atoms with Gasteiger partial charge in [-0.15, -0.1) is 0 Å². The maximum Gasteiger partial charge on any atom is 0.305 e. The summed E-state index contributed by atoms with van der Waals surface area (Å²) >= 11 is 0. The van der Waals surface area contributed by atoms with Gasteiger partial charge in [-0.1, -0.05) is 0 Å². The Morgan fingerprint density at radius 3 is 2.90 bits per heavy atom. The summed E-state index contributed by atoms with van der Waals surface area (Å²) in [5, 5.41) is 2.62. The first-order chi connectivity index (χ1) is 10.3. The van der Waals surface area contributed by atoms with Crippen molar-refractivity contribution in [2.75, 3.05) is 26.2 Å². The number of nitrogens with two attached hydrogens (primary N) is 1. The van der Waals surface area contributed by atoms with Gasteiger partial charge >= 0.3 is 5.97 Å². The van der Waals surface area contributed by atoms with Crippen LogP contribution in [0.4, 0.5) is 0 Å². The molecule has 3 aliphatic rings. The molecule has 3 fully saturated rings. The number of esters is 1. The zero-order chi connectivity index (χ0) is 14.7. The molecule has 0 radical (unpaired) electrons. The van der Waals surface area contributed by atoms with Crippen molar-refractivity contribution in [3.63, 3.8) is 0 Å². The zero-order valence-corrected chi connectivity index (χ0v) is 13.5. The lowest BCUT2D eigenvalue weighted by atomic mass is 9.70. The Bertz CT molecular complexity index is 352. The van der Waals surface area contributed by atoms with Crippen LogP contribution in [0.2, 0.25) is 0 Å². The molecule has 3 aliphatic heterocycles. The molecule has 0 spiro atoms. The molecule has 120 valence electrons. The van der Waals surface area contributed by atoms with Crippen molar-refractivity contribution in [1.29, 1.82) is 0 Å². The number of carbonyl (C=O) groups is 1. The second-order valence-corrected chi connectivity index (χ2v) is 7.22. The number of piperidine rings is 3. The summed E-state index contributed by atoms with van der Waals surface area (Å²) in [5.41, 5.74) is 0. The van der Waals surface area contributed by atoms with Crippen molar-refractivity contribution < 1.29 is 19.7 Å². The van der Waals surface area contributed by atoms with Crippen LogP contribution in [0.15, 0.2) is 0 Å². The Balaban J connectivity index is 1.53. The van der Waals surface area contributed by atoms with Crippen LogP contribution in [0.1, 0.15) is 51.9 Å². The van der Waals surface area contributed by atoms with E-state index in [2.05, 4.69) is 5.32 Å². The summed E-state index contributed by atoms with van der Waals surface area (Å²) in [7, 11) is 0. The first-order valence-electron chi connectivity index (χ1n) is 9.13. The van der Waals surface area contributed by atoms with Crippen LogP contribution in [0.3, 0.4) is 0 Å². The van der Waals surface area contributed by atoms with Crippen LogP contribution < -0.4 is 10.2 Å². The molecule has 3 rings (SSSR count). The maximum atomic E-state index is 11.5. The van der Waals surface area contributed by atoms with Crippen LogP contribution in [0.25, 0.3) is 0 Å². The van der Waals surface area contributed by atoms with E-state index in [-0.39, 0.29) is 5.97 Å². The molecule has 21 heavy (non-hydrogen) atoms. The minimum Gasteiger partial charge on any atom is -0.466 e. The number of hydrogen-bond donors (Lipinski definition) is 2. The highest BCUT2D eigenvalue weighted by molar-refractivity contribution is 5.69. The standard InChI is InChI=1S/C17H30N2O2/c1-2-21-16(20)9-3-8-15-14-7-5-11-19-10-4-6-13(12-18-15)17(14)19/h13-15,17-18H,2-12H2,1H3/p+2/t13-,14+,15-,17+/m0/s1. The fraction of sp³-hybridized carbons (Fsp3) is 0.941. The van der Waals surface area contributed by atoms with Gasteiger partial charge in [-0.25, -0.2) is 0 Å². The smallest absolute Gasteiger partial charge is 0.305 e. The zero-order valence-electron chi connectivity index (χ0n) is 13.5. The highest BCUT2D eigenvalue weighted by Gasteiger charge is 2.50. The summed E-state index contributed by atoms with van der Waals surface area (Å²) in [4.78, 5) is 13.4. The van der Waals surface area contributed by atoms with Gasteiger partial charge in [-0.2, -0.15) is 0 Å². The van der Waals surface area contributed by atoms with E-state index in [4.69, 9.17) is 4.74 Å². The molecule has 3 heterocycles. The fourth-order valence-electron chi connectivity index (χ4n) is 5.28. The van der Waals surface area contributed by atoms with Crippen molar-refractivity contribution in [2.45, 2.75) is 64.0 Å². The second kappa shape index (κ2) is 7.10. The van der Waals surface area contributed by atoms with Crippen LogP contribution in [-0.2, 0) is 9.53 Å². The summed E-state index contributed by atoms with van der Waals surface area (Å²) < 4.78 is 5.05. The third-order valence-electron chi connectivity index (χ3n) is 6.06. The summed E-state index contributed by atoms with van der Waals surface area (Å²) in [5.74, 6) is 1.84. The molecule has 4 heteroatoms. The van der Waals surface area contributed by atoms with Gasteiger partial charge in [0, 0.05) is 12.8 Å². The van der Waals surface area contributed by atoms with Crippen LogP contribution in [0, 0.1) is 11.8 Å². The molecule has 5 atom stereocenters. The lowest BCUT2D eigenvalue weighted by Crippen LogP contribution is -3.22. The van der Waals surface area contributed by atoms with Crippen LogP contribution in [0.5, 0.6) is 0 Å². The van der Waals surface area contributed by atoms with Crippen LogP contribution in [-0.4, -0.2) is 44.3 Å². The lowest BCUT2D eigenvalue weighted by molar-refractivity contribution is -0.956. The average Bonchev–Trinajstić information content (AvgIpc) is 2.50. The third-order valence-corrected chi connectivity index (χ3v) is 6.06. The molecule has 1 unspecified atom stereocenters. The number of hydrogen-bond acceptors (Lipinski definition) is 2. The molecule has 0 saturated carbocycles. The molecular weight excluding hydrogens is 264 g/mol. The first-order valence-corrected chi connectivity index (χ1v) is 9.13. The number of nitrogens with one attached hydrogen (secondary N) is 1. The monoisotopic (exact) mass is 296 g/mol. The molecule has 0 aromatic carbocycles. The van der Waals surface area contributed by atoms with Crippen LogP contribution >= 0.6 is 0 Å². The van der Waals surface area contributed by atoms with Gasteiger partial charge in [-0.05, 0) is 39.0 Å². The molecule has 0 aliphatic carbocycles. The van der Waals surface area contributed by atoms with Gasteiger partial charge in [0.25, 0.3) is 0 Å². The lowest BCUT2D eigenvalue weighted by Gasteiger charge is -2.49. The van der Waals surface area contributed by atoms with E-state index in [1.165, 1.54) is 51.7 Å². The Labute approximate surface area is 128 Å². The number of carbonyl (C=O) groups excluding carboxylic acids is 1. The molecule has 0 aromatic heterocycles. The van der Waals surface area contributed by atoms with Gasteiger partial charge in [0.15, 0.2) is 0 Å². The minimum atomic E-state index is -0.0141.